The number of carbonyl (C=O) groups excluding carboxylic acids is 2. The Morgan fingerprint density at radius 1 is 1.20 bits per heavy atom. The summed E-state index contributed by atoms with van der Waals surface area (Å²) in [4.78, 5) is 26.6. The maximum absolute atomic E-state index is 12.3. The number of halogens is 2. The van der Waals surface area contributed by atoms with Crippen molar-refractivity contribution >= 4 is 40.7 Å². The maximum atomic E-state index is 12.3. The molecule has 7 heteroatoms. The van der Waals surface area contributed by atoms with E-state index in [-0.39, 0.29) is 24.3 Å². The van der Waals surface area contributed by atoms with Gasteiger partial charge in [-0.2, -0.15) is 0 Å². The standard InChI is InChI=1S/C18H23Cl2N3O2/c19-14-5-6-16(15(20)8-14)22-17(24)11-23-7-1-2-13(10-23)18(25)21-9-12-3-4-12/h5-6,8,12-13H,1-4,7,9-11H2,(H,21,25)(H,22,24). The molecule has 0 radical (unpaired) electrons. The molecular formula is C18H23Cl2N3O2. The summed E-state index contributed by atoms with van der Waals surface area (Å²) >= 11 is 11.9. The number of rotatable bonds is 6. The Bertz CT molecular complexity index is 649. The van der Waals surface area contributed by atoms with E-state index in [9.17, 15) is 9.59 Å². The molecule has 1 aromatic carbocycles. The van der Waals surface area contributed by atoms with Crippen LogP contribution in [0.5, 0.6) is 0 Å². The maximum Gasteiger partial charge on any atom is 0.238 e. The number of nitrogens with one attached hydrogen (secondary N) is 2. The summed E-state index contributed by atoms with van der Waals surface area (Å²) in [6, 6.07) is 4.97. The van der Waals surface area contributed by atoms with E-state index < -0.39 is 0 Å². The minimum absolute atomic E-state index is 0.0283. The van der Waals surface area contributed by atoms with Gasteiger partial charge in [-0.15, -0.1) is 0 Å². The predicted octanol–water partition coefficient (Wildman–Crippen LogP) is 3.17. The smallest absolute Gasteiger partial charge is 0.238 e. The highest BCUT2D eigenvalue weighted by Gasteiger charge is 2.28. The molecule has 2 amide bonds. The Labute approximate surface area is 158 Å². The molecule has 0 aromatic heterocycles. The van der Waals surface area contributed by atoms with E-state index in [0.717, 1.165) is 25.9 Å². The van der Waals surface area contributed by atoms with Crippen molar-refractivity contribution in [2.75, 3.05) is 31.5 Å². The first-order valence-electron chi connectivity index (χ1n) is 8.76. The van der Waals surface area contributed by atoms with Gasteiger partial charge in [0.1, 0.15) is 0 Å². The molecule has 5 nitrogen and oxygen atoms in total. The molecule has 1 atom stereocenters. The van der Waals surface area contributed by atoms with Gasteiger partial charge in [0.15, 0.2) is 0 Å². The first-order chi connectivity index (χ1) is 12.0. The number of amides is 2. The number of likely N-dealkylation sites (tertiary alicyclic amines) is 1. The SMILES string of the molecule is O=C(CN1CCCC(C(=O)NCC2CC2)C1)Nc1ccc(Cl)cc1Cl. The van der Waals surface area contributed by atoms with E-state index >= 15 is 0 Å². The van der Waals surface area contributed by atoms with E-state index in [1.54, 1.807) is 18.2 Å². The summed E-state index contributed by atoms with van der Waals surface area (Å²) in [6.45, 7) is 2.50. The highest BCUT2D eigenvalue weighted by atomic mass is 35.5. The Morgan fingerprint density at radius 3 is 2.72 bits per heavy atom. The van der Waals surface area contributed by atoms with Gasteiger partial charge >= 0.3 is 0 Å². The number of hydrogen-bond acceptors (Lipinski definition) is 3. The van der Waals surface area contributed by atoms with Crippen molar-refractivity contribution in [2.24, 2.45) is 11.8 Å². The van der Waals surface area contributed by atoms with Crippen molar-refractivity contribution in [1.82, 2.24) is 10.2 Å². The minimum atomic E-state index is -0.136. The summed E-state index contributed by atoms with van der Waals surface area (Å²) in [6.07, 6.45) is 4.27. The average molecular weight is 384 g/mol. The van der Waals surface area contributed by atoms with Crippen LogP contribution in [0.15, 0.2) is 18.2 Å². The fourth-order valence-electron chi connectivity index (χ4n) is 3.11. The lowest BCUT2D eigenvalue weighted by atomic mass is 9.97. The molecule has 1 aliphatic carbocycles. The van der Waals surface area contributed by atoms with Crippen LogP contribution in [-0.2, 0) is 9.59 Å². The van der Waals surface area contributed by atoms with E-state index in [1.807, 2.05) is 4.90 Å². The zero-order valence-electron chi connectivity index (χ0n) is 14.1. The third-order valence-electron chi connectivity index (χ3n) is 4.71. The molecule has 2 N–H and O–H groups in total. The van der Waals surface area contributed by atoms with Gasteiger partial charge in [-0.3, -0.25) is 14.5 Å². The molecular weight excluding hydrogens is 361 g/mol. The molecule has 1 saturated carbocycles. The number of hydrogen-bond donors (Lipinski definition) is 2. The summed E-state index contributed by atoms with van der Waals surface area (Å²) in [5, 5.41) is 6.79. The Morgan fingerprint density at radius 2 is 2.00 bits per heavy atom. The Balaban J connectivity index is 1.47. The van der Waals surface area contributed by atoms with Crippen molar-refractivity contribution in [3.8, 4) is 0 Å². The molecule has 1 aliphatic heterocycles. The van der Waals surface area contributed by atoms with Gasteiger partial charge in [-0.1, -0.05) is 23.2 Å². The van der Waals surface area contributed by atoms with Gasteiger partial charge in [0.25, 0.3) is 0 Å². The van der Waals surface area contributed by atoms with Crippen LogP contribution in [0, 0.1) is 11.8 Å². The largest absolute Gasteiger partial charge is 0.356 e. The topological polar surface area (TPSA) is 61.4 Å². The third kappa shape index (κ3) is 5.59. The number of carbonyl (C=O) groups is 2. The van der Waals surface area contributed by atoms with Gasteiger partial charge in [0.05, 0.1) is 23.2 Å². The summed E-state index contributed by atoms with van der Waals surface area (Å²) in [5.41, 5.74) is 0.548. The van der Waals surface area contributed by atoms with Crippen molar-refractivity contribution in [2.45, 2.75) is 25.7 Å². The van der Waals surface area contributed by atoms with Gasteiger partial charge in [0, 0.05) is 18.1 Å². The van der Waals surface area contributed by atoms with Crippen LogP contribution in [0.1, 0.15) is 25.7 Å². The first kappa shape index (κ1) is 18.5. The normalized spacial score (nSPS) is 21.0. The second-order valence-corrected chi connectivity index (χ2v) is 7.78. The lowest BCUT2D eigenvalue weighted by Gasteiger charge is -2.31. The van der Waals surface area contributed by atoms with Crippen molar-refractivity contribution in [1.29, 1.82) is 0 Å². The monoisotopic (exact) mass is 383 g/mol. The summed E-state index contributed by atoms with van der Waals surface area (Å²) in [5.74, 6) is 0.638. The zero-order chi connectivity index (χ0) is 17.8. The Hall–Kier alpha value is -1.30. The molecule has 3 rings (SSSR count). The average Bonchev–Trinajstić information content (AvgIpc) is 3.40. The van der Waals surface area contributed by atoms with E-state index in [1.165, 1.54) is 12.8 Å². The summed E-state index contributed by atoms with van der Waals surface area (Å²) in [7, 11) is 0. The van der Waals surface area contributed by atoms with E-state index in [0.29, 0.717) is 28.2 Å². The molecule has 0 spiro atoms. The Kier molecular flexibility index (Phi) is 6.20. The van der Waals surface area contributed by atoms with Gasteiger partial charge in [-0.25, -0.2) is 0 Å². The summed E-state index contributed by atoms with van der Waals surface area (Å²) < 4.78 is 0. The molecule has 1 heterocycles. The molecule has 2 fully saturated rings. The molecule has 1 unspecified atom stereocenters. The molecule has 136 valence electrons. The van der Waals surface area contributed by atoms with E-state index in [4.69, 9.17) is 23.2 Å². The highest BCUT2D eigenvalue weighted by molar-refractivity contribution is 6.36. The van der Waals surface area contributed by atoms with E-state index in [2.05, 4.69) is 10.6 Å². The van der Waals surface area contributed by atoms with Gasteiger partial charge in [0.2, 0.25) is 11.8 Å². The van der Waals surface area contributed by atoms with Crippen LogP contribution in [0.3, 0.4) is 0 Å². The van der Waals surface area contributed by atoms with Crippen LogP contribution < -0.4 is 10.6 Å². The number of benzene rings is 1. The first-order valence-corrected chi connectivity index (χ1v) is 9.52. The van der Waals surface area contributed by atoms with Crippen molar-refractivity contribution in [3.05, 3.63) is 28.2 Å². The quantitative estimate of drug-likeness (QED) is 0.792. The van der Waals surface area contributed by atoms with Crippen LogP contribution >= 0.6 is 23.2 Å². The second-order valence-electron chi connectivity index (χ2n) is 6.94. The fraction of sp³-hybridized carbons (Fsp3) is 0.556. The lowest BCUT2D eigenvalue weighted by Crippen LogP contribution is -2.45. The number of piperidine rings is 1. The number of anilines is 1. The van der Waals surface area contributed by atoms with Crippen LogP contribution in [0.2, 0.25) is 10.0 Å². The highest BCUT2D eigenvalue weighted by Crippen LogP contribution is 2.28. The van der Waals surface area contributed by atoms with Crippen LogP contribution in [0.25, 0.3) is 0 Å². The fourth-order valence-corrected chi connectivity index (χ4v) is 3.56. The van der Waals surface area contributed by atoms with Crippen LogP contribution in [0.4, 0.5) is 5.69 Å². The third-order valence-corrected chi connectivity index (χ3v) is 5.26. The van der Waals surface area contributed by atoms with Crippen LogP contribution in [-0.4, -0.2) is 42.9 Å². The molecule has 2 aliphatic rings. The van der Waals surface area contributed by atoms with Crippen molar-refractivity contribution in [3.63, 3.8) is 0 Å². The molecule has 0 bridgehead atoms. The van der Waals surface area contributed by atoms with Gasteiger partial charge < -0.3 is 10.6 Å². The predicted molar refractivity (Wildman–Crippen MR) is 100.0 cm³/mol. The minimum Gasteiger partial charge on any atom is -0.356 e. The second kappa shape index (κ2) is 8.39. The molecule has 1 saturated heterocycles. The number of nitrogens with zero attached hydrogens (tertiary/aromatic N) is 1. The van der Waals surface area contributed by atoms with Gasteiger partial charge in [-0.05, 0) is 56.3 Å². The molecule has 25 heavy (non-hydrogen) atoms. The zero-order valence-corrected chi connectivity index (χ0v) is 15.6. The lowest BCUT2D eigenvalue weighted by molar-refractivity contribution is -0.128. The van der Waals surface area contributed by atoms with Crippen molar-refractivity contribution < 1.29 is 9.59 Å². The molecule has 1 aromatic rings.